The summed E-state index contributed by atoms with van der Waals surface area (Å²) in [7, 11) is 0. The highest BCUT2D eigenvalue weighted by molar-refractivity contribution is 5.77. The number of piperazine rings is 1. The second kappa shape index (κ2) is 4.70. The number of carbonyl (C=O) groups excluding carboxylic acids is 1. The smallest absolute Gasteiger partial charge is 0.317 e. The van der Waals surface area contributed by atoms with E-state index in [1.54, 1.807) is 6.07 Å². The molecule has 3 rings (SSSR count). The Labute approximate surface area is 111 Å². The molecule has 0 aliphatic carbocycles. The molecule has 2 heterocycles. The standard InChI is InChI=1S/C13H17FN4O/c14-10-1-2-12(15)9(5-10)7-17-3-4-18-11(8-17)6-16-13(18)19/h1-2,5,11H,3-4,6-8,15H2,(H,16,19). The molecule has 1 aromatic rings. The van der Waals surface area contributed by atoms with Crippen LogP contribution >= 0.6 is 0 Å². The van der Waals surface area contributed by atoms with Crippen molar-refractivity contribution in [2.24, 2.45) is 0 Å². The van der Waals surface area contributed by atoms with Crippen LogP contribution in [0.1, 0.15) is 5.56 Å². The third kappa shape index (κ3) is 2.35. The number of urea groups is 1. The molecule has 1 atom stereocenters. The van der Waals surface area contributed by atoms with Gasteiger partial charge in [-0.2, -0.15) is 0 Å². The maximum atomic E-state index is 13.2. The second-order valence-electron chi connectivity index (χ2n) is 5.11. The first-order chi connectivity index (χ1) is 9.13. The molecular weight excluding hydrogens is 247 g/mol. The molecule has 6 heteroatoms. The Hall–Kier alpha value is -1.82. The van der Waals surface area contributed by atoms with Crippen molar-refractivity contribution in [3.05, 3.63) is 29.6 Å². The molecule has 3 N–H and O–H groups in total. The fraction of sp³-hybridized carbons (Fsp3) is 0.462. The van der Waals surface area contributed by atoms with E-state index in [0.717, 1.165) is 18.7 Å². The molecule has 0 bridgehead atoms. The van der Waals surface area contributed by atoms with Crippen LogP contribution in [-0.4, -0.2) is 48.1 Å². The SMILES string of the molecule is Nc1ccc(F)cc1CN1CCN2C(=O)NCC2C1. The van der Waals surface area contributed by atoms with Crippen LogP contribution in [0.4, 0.5) is 14.9 Å². The zero-order chi connectivity index (χ0) is 13.4. The second-order valence-corrected chi connectivity index (χ2v) is 5.11. The predicted octanol–water partition coefficient (Wildman–Crippen LogP) is 0.617. The summed E-state index contributed by atoms with van der Waals surface area (Å²) in [6, 6.07) is 4.70. The number of rotatable bonds is 2. The summed E-state index contributed by atoms with van der Waals surface area (Å²) in [6.45, 7) is 3.62. The first-order valence-electron chi connectivity index (χ1n) is 6.44. The van der Waals surface area contributed by atoms with E-state index >= 15 is 0 Å². The average molecular weight is 264 g/mol. The van der Waals surface area contributed by atoms with Crippen LogP contribution in [0.25, 0.3) is 0 Å². The number of hydrogen-bond acceptors (Lipinski definition) is 3. The zero-order valence-corrected chi connectivity index (χ0v) is 10.6. The minimum Gasteiger partial charge on any atom is -0.398 e. The van der Waals surface area contributed by atoms with Crippen molar-refractivity contribution in [1.29, 1.82) is 0 Å². The maximum Gasteiger partial charge on any atom is 0.317 e. The summed E-state index contributed by atoms with van der Waals surface area (Å²) in [5.74, 6) is -0.263. The van der Waals surface area contributed by atoms with E-state index in [1.807, 2.05) is 4.90 Å². The Kier molecular flexibility index (Phi) is 3.02. The molecule has 2 aliphatic rings. The van der Waals surface area contributed by atoms with Gasteiger partial charge >= 0.3 is 6.03 Å². The van der Waals surface area contributed by atoms with Crippen LogP contribution in [0.5, 0.6) is 0 Å². The number of anilines is 1. The fourth-order valence-electron chi connectivity index (χ4n) is 2.76. The van der Waals surface area contributed by atoms with Crippen molar-refractivity contribution < 1.29 is 9.18 Å². The zero-order valence-electron chi connectivity index (χ0n) is 10.6. The van der Waals surface area contributed by atoms with E-state index in [9.17, 15) is 9.18 Å². The fourth-order valence-corrected chi connectivity index (χ4v) is 2.76. The summed E-state index contributed by atoms with van der Waals surface area (Å²) in [6.07, 6.45) is 0. The Balaban J connectivity index is 1.68. The van der Waals surface area contributed by atoms with Gasteiger partial charge in [0, 0.05) is 38.4 Å². The lowest BCUT2D eigenvalue weighted by Gasteiger charge is -2.36. The Morgan fingerprint density at radius 2 is 2.26 bits per heavy atom. The maximum absolute atomic E-state index is 13.2. The van der Waals surface area contributed by atoms with Gasteiger partial charge in [0.2, 0.25) is 0 Å². The highest BCUT2D eigenvalue weighted by atomic mass is 19.1. The highest BCUT2D eigenvalue weighted by Gasteiger charge is 2.35. The monoisotopic (exact) mass is 264 g/mol. The predicted molar refractivity (Wildman–Crippen MR) is 70.0 cm³/mol. The van der Waals surface area contributed by atoms with Crippen LogP contribution in [-0.2, 0) is 6.54 Å². The van der Waals surface area contributed by atoms with Gasteiger partial charge < -0.3 is 16.0 Å². The van der Waals surface area contributed by atoms with Gasteiger partial charge in [0.25, 0.3) is 0 Å². The van der Waals surface area contributed by atoms with Crippen molar-refractivity contribution in [2.75, 3.05) is 31.9 Å². The molecule has 1 aromatic carbocycles. The summed E-state index contributed by atoms with van der Waals surface area (Å²) >= 11 is 0. The van der Waals surface area contributed by atoms with Crippen LogP contribution < -0.4 is 11.1 Å². The van der Waals surface area contributed by atoms with Gasteiger partial charge in [-0.25, -0.2) is 9.18 Å². The molecule has 0 radical (unpaired) electrons. The number of nitrogens with zero attached hydrogens (tertiary/aromatic N) is 2. The lowest BCUT2D eigenvalue weighted by Crippen LogP contribution is -2.51. The average Bonchev–Trinajstić information content (AvgIpc) is 2.75. The first kappa shape index (κ1) is 12.2. The topological polar surface area (TPSA) is 61.6 Å². The number of halogens is 1. The normalized spacial score (nSPS) is 23.3. The largest absolute Gasteiger partial charge is 0.398 e. The van der Waals surface area contributed by atoms with Crippen molar-refractivity contribution in [1.82, 2.24) is 15.1 Å². The Morgan fingerprint density at radius 3 is 3.11 bits per heavy atom. The molecule has 2 amide bonds. The van der Waals surface area contributed by atoms with Crippen LogP contribution in [0, 0.1) is 5.82 Å². The molecule has 19 heavy (non-hydrogen) atoms. The summed E-state index contributed by atoms with van der Waals surface area (Å²) in [4.78, 5) is 15.6. The van der Waals surface area contributed by atoms with E-state index in [2.05, 4.69) is 10.2 Å². The number of hydrogen-bond donors (Lipinski definition) is 2. The molecule has 102 valence electrons. The molecule has 1 unspecified atom stereocenters. The number of nitrogens with one attached hydrogen (secondary N) is 1. The van der Waals surface area contributed by atoms with Gasteiger partial charge in [0.1, 0.15) is 5.82 Å². The van der Waals surface area contributed by atoms with Crippen LogP contribution in [0.3, 0.4) is 0 Å². The van der Waals surface area contributed by atoms with Crippen molar-refractivity contribution >= 4 is 11.7 Å². The van der Waals surface area contributed by atoms with Gasteiger partial charge in [-0.05, 0) is 23.8 Å². The van der Waals surface area contributed by atoms with Gasteiger partial charge in [0.05, 0.1) is 6.04 Å². The van der Waals surface area contributed by atoms with E-state index in [-0.39, 0.29) is 17.9 Å². The van der Waals surface area contributed by atoms with Gasteiger partial charge in [0.15, 0.2) is 0 Å². The van der Waals surface area contributed by atoms with Crippen LogP contribution in [0.15, 0.2) is 18.2 Å². The van der Waals surface area contributed by atoms with E-state index in [4.69, 9.17) is 5.73 Å². The van der Waals surface area contributed by atoms with E-state index < -0.39 is 0 Å². The summed E-state index contributed by atoms with van der Waals surface area (Å²) < 4.78 is 13.2. The number of fused-ring (bicyclic) bond motifs is 1. The van der Waals surface area contributed by atoms with Gasteiger partial charge in [-0.3, -0.25) is 4.90 Å². The van der Waals surface area contributed by atoms with E-state index in [0.29, 0.717) is 25.3 Å². The minimum atomic E-state index is -0.263. The number of nitrogen functional groups attached to an aromatic ring is 1. The lowest BCUT2D eigenvalue weighted by molar-refractivity contribution is 0.117. The Morgan fingerprint density at radius 1 is 1.42 bits per heavy atom. The third-order valence-corrected chi connectivity index (χ3v) is 3.82. The quantitative estimate of drug-likeness (QED) is 0.770. The number of benzene rings is 1. The molecule has 5 nitrogen and oxygen atoms in total. The molecule has 0 saturated carbocycles. The van der Waals surface area contributed by atoms with Crippen LogP contribution in [0.2, 0.25) is 0 Å². The number of nitrogens with two attached hydrogens (primary N) is 1. The highest BCUT2D eigenvalue weighted by Crippen LogP contribution is 2.20. The molecular formula is C13H17FN4O. The lowest BCUT2D eigenvalue weighted by atomic mass is 10.1. The van der Waals surface area contributed by atoms with E-state index in [1.165, 1.54) is 12.1 Å². The van der Waals surface area contributed by atoms with Gasteiger partial charge in [-0.1, -0.05) is 0 Å². The number of amides is 2. The first-order valence-corrected chi connectivity index (χ1v) is 6.44. The molecule has 2 aliphatic heterocycles. The van der Waals surface area contributed by atoms with Crippen molar-refractivity contribution in [2.45, 2.75) is 12.6 Å². The third-order valence-electron chi connectivity index (χ3n) is 3.82. The molecule has 2 saturated heterocycles. The van der Waals surface area contributed by atoms with Crippen molar-refractivity contribution in [3.8, 4) is 0 Å². The summed E-state index contributed by atoms with van der Waals surface area (Å²) in [5, 5.41) is 2.84. The minimum absolute atomic E-state index is 0.0231. The van der Waals surface area contributed by atoms with Gasteiger partial charge in [-0.15, -0.1) is 0 Å². The molecule has 0 spiro atoms. The number of carbonyl (C=O) groups is 1. The molecule has 2 fully saturated rings. The van der Waals surface area contributed by atoms with Crippen molar-refractivity contribution in [3.63, 3.8) is 0 Å². The Bertz CT molecular complexity index is 507. The molecule has 0 aromatic heterocycles. The summed E-state index contributed by atoms with van der Waals surface area (Å²) in [5.41, 5.74) is 7.29.